The van der Waals surface area contributed by atoms with Crippen LogP contribution in [0.2, 0.25) is 0 Å². The smallest absolute Gasteiger partial charge is 0.405 e. The molecule has 0 fully saturated rings. The number of hydrogen-bond acceptors (Lipinski definition) is 3. The highest BCUT2D eigenvalue weighted by Crippen LogP contribution is 2.34. The second-order valence-electron chi connectivity index (χ2n) is 3.10. The summed E-state index contributed by atoms with van der Waals surface area (Å²) in [5.41, 5.74) is 2.96. The number of ketones is 1. The number of nitrogens with two attached hydrogens (primary N) is 1. The first-order valence-corrected chi connectivity index (χ1v) is 4.28. The minimum Gasteiger partial charge on any atom is -0.405 e. The lowest BCUT2D eigenvalue weighted by molar-refractivity contribution is -0.274. The van der Waals surface area contributed by atoms with Gasteiger partial charge in [-0.1, -0.05) is 6.07 Å². The van der Waals surface area contributed by atoms with E-state index in [1.165, 1.54) is 0 Å². The zero-order valence-electron chi connectivity index (χ0n) is 8.39. The zero-order valence-corrected chi connectivity index (χ0v) is 8.39. The molecule has 18 heavy (non-hydrogen) atoms. The Morgan fingerprint density at radius 3 is 2.11 bits per heavy atom. The first kappa shape index (κ1) is 14.1. The van der Waals surface area contributed by atoms with E-state index < -0.39 is 35.3 Å². The maximum Gasteiger partial charge on any atom is 0.573 e. The van der Waals surface area contributed by atoms with Gasteiger partial charge in [0.1, 0.15) is 5.75 Å². The zero-order chi connectivity index (χ0) is 14.1. The van der Waals surface area contributed by atoms with Crippen LogP contribution in [0.3, 0.4) is 0 Å². The van der Waals surface area contributed by atoms with Gasteiger partial charge in [-0.25, -0.2) is 0 Å². The molecule has 2 N–H and O–H groups in total. The molecule has 1 aromatic carbocycles. The van der Waals surface area contributed by atoms with Crippen LogP contribution in [0.4, 0.5) is 32.0 Å². The third-order valence-electron chi connectivity index (χ3n) is 1.77. The molecule has 0 aliphatic heterocycles. The van der Waals surface area contributed by atoms with Crippen LogP contribution in [0.25, 0.3) is 0 Å². The number of benzene rings is 1. The molecule has 0 atom stereocenters. The van der Waals surface area contributed by atoms with Crippen molar-refractivity contribution >= 4 is 11.5 Å². The molecule has 9 heteroatoms. The van der Waals surface area contributed by atoms with E-state index in [0.717, 1.165) is 12.1 Å². The number of halogens is 6. The number of hydrogen-bond donors (Lipinski definition) is 1. The number of rotatable bonds is 2. The van der Waals surface area contributed by atoms with Gasteiger partial charge in [0.05, 0.1) is 5.56 Å². The summed E-state index contributed by atoms with van der Waals surface area (Å²) in [6.07, 6.45) is -10.6. The highest BCUT2D eigenvalue weighted by molar-refractivity contribution is 6.06. The minimum absolute atomic E-state index is 0.572. The van der Waals surface area contributed by atoms with E-state index in [0.29, 0.717) is 6.07 Å². The quantitative estimate of drug-likeness (QED) is 0.512. The Morgan fingerprint density at radius 1 is 1.11 bits per heavy atom. The predicted molar refractivity (Wildman–Crippen MR) is 47.9 cm³/mol. The maximum atomic E-state index is 12.2. The number of carbonyl (C=O) groups excluding carboxylic acids is 1. The van der Waals surface area contributed by atoms with E-state index in [-0.39, 0.29) is 0 Å². The first-order valence-electron chi connectivity index (χ1n) is 4.28. The molecule has 0 spiro atoms. The standard InChI is InChI=1S/C9H5F6NO2/c10-8(11,12)7(17)6-4(16)2-1-3-5(6)18-9(13,14)15/h1-3H,16H2. The maximum absolute atomic E-state index is 12.2. The van der Waals surface area contributed by atoms with Gasteiger partial charge in [-0.15, -0.1) is 13.2 Å². The lowest BCUT2D eigenvalue weighted by atomic mass is 10.1. The van der Waals surface area contributed by atoms with Gasteiger partial charge in [0.15, 0.2) is 0 Å². The SMILES string of the molecule is Nc1cccc(OC(F)(F)F)c1C(=O)C(F)(F)F. The Bertz CT molecular complexity index is 465. The van der Waals surface area contributed by atoms with E-state index in [1.807, 2.05) is 0 Å². The molecular formula is C9H5F6NO2. The van der Waals surface area contributed by atoms with Crippen molar-refractivity contribution in [3.8, 4) is 5.75 Å². The third kappa shape index (κ3) is 3.28. The third-order valence-corrected chi connectivity index (χ3v) is 1.77. The van der Waals surface area contributed by atoms with Gasteiger partial charge in [0.25, 0.3) is 5.78 Å². The molecule has 1 rings (SSSR count). The number of anilines is 1. The van der Waals surface area contributed by atoms with Gasteiger partial charge < -0.3 is 10.5 Å². The van der Waals surface area contributed by atoms with Crippen LogP contribution in [0.15, 0.2) is 18.2 Å². The summed E-state index contributed by atoms with van der Waals surface area (Å²) in [4.78, 5) is 10.9. The molecule has 0 saturated carbocycles. The molecule has 0 aliphatic rings. The van der Waals surface area contributed by atoms with Crippen molar-refractivity contribution in [3.63, 3.8) is 0 Å². The predicted octanol–water partition coefficient (Wildman–Crippen LogP) is 2.91. The summed E-state index contributed by atoms with van der Waals surface area (Å²) in [6, 6.07) is 2.37. The molecule has 1 aromatic rings. The van der Waals surface area contributed by atoms with E-state index in [2.05, 4.69) is 4.74 Å². The average Bonchev–Trinajstić information content (AvgIpc) is 2.13. The average molecular weight is 273 g/mol. The summed E-state index contributed by atoms with van der Waals surface area (Å²) in [5, 5.41) is 0. The van der Waals surface area contributed by atoms with Crippen LogP contribution in [0.1, 0.15) is 10.4 Å². The lowest BCUT2D eigenvalue weighted by Crippen LogP contribution is -2.26. The molecule has 0 bridgehead atoms. The summed E-state index contributed by atoms with van der Waals surface area (Å²) in [6.45, 7) is 0. The van der Waals surface area contributed by atoms with E-state index in [1.54, 1.807) is 0 Å². The van der Waals surface area contributed by atoms with Crippen molar-refractivity contribution < 1.29 is 35.9 Å². The topological polar surface area (TPSA) is 52.3 Å². The van der Waals surface area contributed by atoms with Crippen molar-refractivity contribution in [2.24, 2.45) is 0 Å². The Hall–Kier alpha value is -1.93. The number of Topliss-reactive ketones (excluding diaryl/α,β-unsaturated/α-hetero) is 1. The molecule has 0 heterocycles. The Kier molecular flexibility index (Phi) is 3.45. The molecule has 0 aliphatic carbocycles. The fraction of sp³-hybridized carbons (Fsp3) is 0.222. The molecule has 100 valence electrons. The monoisotopic (exact) mass is 273 g/mol. The molecule has 3 nitrogen and oxygen atoms in total. The summed E-state index contributed by atoms with van der Waals surface area (Å²) in [5.74, 6) is -3.79. The van der Waals surface area contributed by atoms with E-state index in [9.17, 15) is 31.1 Å². The number of nitrogen functional groups attached to an aromatic ring is 1. The molecule has 0 aromatic heterocycles. The van der Waals surface area contributed by atoms with Crippen molar-refractivity contribution in [1.82, 2.24) is 0 Å². The summed E-state index contributed by atoms with van der Waals surface area (Å²) < 4.78 is 75.8. The molecule has 0 amide bonds. The molecule has 0 saturated heterocycles. The van der Waals surface area contributed by atoms with E-state index >= 15 is 0 Å². The summed E-state index contributed by atoms with van der Waals surface area (Å²) >= 11 is 0. The Morgan fingerprint density at radius 2 is 1.67 bits per heavy atom. The van der Waals surface area contributed by atoms with Gasteiger partial charge in [-0.3, -0.25) is 4.79 Å². The number of ether oxygens (including phenoxy) is 1. The first-order chi connectivity index (χ1) is 8.02. The minimum atomic E-state index is -5.35. The van der Waals surface area contributed by atoms with E-state index in [4.69, 9.17) is 5.73 Å². The van der Waals surface area contributed by atoms with Crippen molar-refractivity contribution in [1.29, 1.82) is 0 Å². The molecule has 0 radical (unpaired) electrons. The number of alkyl halides is 6. The molecular weight excluding hydrogens is 268 g/mol. The molecule has 0 unspecified atom stereocenters. The number of carbonyl (C=O) groups is 1. The van der Waals surface area contributed by atoms with Crippen LogP contribution in [0, 0.1) is 0 Å². The van der Waals surface area contributed by atoms with Crippen molar-refractivity contribution in [3.05, 3.63) is 23.8 Å². The van der Waals surface area contributed by atoms with Crippen LogP contribution >= 0.6 is 0 Å². The van der Waals surface area contributed by atoms with Crippen molar-refractivity contribution in [2.75, 3.05) is 5.73 Å². The highest BCUT2D eigenvalue weighted by atomic mass is 19.4. The highest BCUT2D eigenvalue weighted by Gasteiger charge is 2.43. The lowest BCUT2D eigenvalue weighted by Gasteiger charge is -2.15. The van der Waals surface area contributed by atoms with Crippen LogP contribution in [-0.4, -0.2) is 18.3 Å². The van der Waals surface area contributed by atoms with Gasteiger partial charge in [0, 0.05) is 5.69 Å². The second kappa shape index (κ2) is 4.39. The van der Waals surface area contributed by atoms with Crippen LogP contribution < -0.4 is 10.5 Å². The van der Waals surface area contributed by atoms with Crippen LogP contribution in [0.5, 0.6) is 5.75 Å². The van der Waals surface area contributed by atoms with Gasteiger partial charge >= 0.3 is 12.5 Å². The van der Waals surface area contributed by atoms with Gasteiger partial charge in [-0.2, -0.15) is 13.2 Å². The van der Waals surface area contributed by atoms with Crippen molar-refractivity contribution in [2.45, 2.75) is 12.5 Å². The fourth-order valence-corrected chi connectivity index (χ4v) is 1.14. The van der Waals surface area contributed by atoms with Crippen LogP contribution in [-0.2, 0) is 0 Å². The fourth-order valence-electron chi connectivity index (χ4n) is 1.14. The van der Waals surface area contributed by atoms with Gasteiger partial charge in [0.2, 0.25) is 0 Å². The van der Waals surface area contributed by atoms with Gasteiger partial charge in [-0.05, 0) is 12.1 Å². The largest absolute Gasteiger partial charge is 0.573 e. The second-order valence-corrected chi connectivity index (χ2v) is 3.10. The Labute approximate surface area is 96.1 Å². The normalized spacial score (nSPS) is 12.3. The summed E-state index contributed by atoms with van der Waals surface area (Å²) in [7, 11) is 0. The Balaban J connectivity index is 3.30.